The first-order chi connectivity index (χ1) is 7.97. The summed E-state index contributed by atoms with van der Waals surface area (Å²) in [5, 5.41) is 0. The smallest absolute Gasteiger partial charge is 0.744 e. The summed E-state index contributed by atoms with van der Waals surface area (Å²) in [6.07, 6.45) is 0. The third-order valence-corrected chi connectivity index (χ3v) is 3.17. The minimum atomic E-state index is -4.42. The molecule has 0 saturated carbocycles. The quantitative estimate of drug-likeness (QED) is 0.543. The van der Waals surface area contributed by atoms with Gasteiger partial charge < -0.3 is 4.55 Å². The van der Waals surface area contributed by atoms with Crippen molar-refractivity contribution < 1.29 is 46.9 Å². The Morgan fingerprint density at radius 2 is 1.22 bits per heavy atom. The van der Waals surface area contributed by atoms with E-state index in [2.05, 4.69) is 0 Å². The third-order valence-electron chi connectivity index (χ3n) is 2.32. The van der Waals surface area contributed by atoms with E-state index in [9.17, 15) is 17.4 Å². The maximum Gasteiger partial charge on any atom is 1.00 e. The van der Waals surface area contributed by atoms with Gasteiger partial charge in [0.05, 0.1) is 4.90 Å². The van der Waals surface area contributed by atoms with Crippen molar-refractivity contribution in [2.24, 2.45) is 0 Å². The van der Waals surface area contributed by atoms with Gasteiger partial charge >= 0.3 is 29.6 Å². The molecule has 0 fully saturated rings. The molecule has 0 aliphatic rings. The van der Waals surface area contributed by atoms with Gasteiger partial charge in [-0.05, 0) is 35.4 Å². The molecule has 0 spiro atoms. The third kappa shape index (κ3) is 3.63. The number of halogens is 1. The molecule has 0 heterocycles. The fraction of sp³-hybridized carbons (Fsp3) is 0. The van der Waals surface area contributed by atoms with Crippen LogP contribution in [0.3, 0.4) is 0 Å². The Morgan fingerprint density at radius 1 is 0.833 bits per heavy atom. The zero-order valence-corrected chi connectivity index (χ0v) is 12.4. The van der Waals surface area contributed by atoms with Crippen molar-refractivity contribution in [3.63, 3.8) is 0 Å². The van der Waals surface area contributed by atoms with E-state index < -0.39 is 10.1 Å². The molecule has 2 aromatic carbocycles. The minimum absolute atomic E-state index is 0. The molecule has 2 aromatic rings. The number of rotatable bonds is 2. The van der Waals surface area contributed by atoms with Crippen molar-refractivity contribution in [2.45, 2.75) is 4.90 Å². The van der Waals surface area contributed by atoms with E-state index in [1.807, 2.05) is 0 Å². The number of hydrogen-bond acceptors (Lipinski definition) is 3. The van der Waals surface area contributed by atoms with Crippen LogP contribution in [-0.2, 0) is 10.1 Å². The van der Waals surface area contributed by atoms with Crippen LogP contribution >= 0.6 is 0 Å². The zero-order chi connectivity index (χ0) is 12.5. The van der Waals surface area contributed by atoms with Gasteiger partial charge in [-0.2, -0.15) is 0 Å². The van der Waals surface area contributed by atoms with Gasteiger partial charge in [0.2, 0.25) is 0 Å². The SMILES string of the molecule is O=S(=O)([O-])c1ccc(-c2ccc(F)cc2)cc1.[Na+]. The first kappa shape index (κ1) is 15.3. The molecular formula is C12H8FNaO3S. The molecule has 0 atom stereocenters. The molecule has 88 valence electrons. The summed E-state index contributed by atoms with van der Waals surface area (Å²) in [7, 11) is -4.42. The summed E-state index contributed by atoms with van der Waals surface area (Å²) in [5.41, 5.74) is 1.47. The molecule has 2 rings (SSSR count). The number of benzene rings is 2. The van der Waals surface area contributed by atoms with E-state index in [4.69, 9.17) is 0 Å². The average Bonchev–Trinajstić information content (AvgIpc) is 2.29. The minimum Gasteiger partial charge on any atom is -0.744 e. The van der Waals surface area contributed by atoms with Crippen LogP contribution in [0.4, 0.5) is 4.39 Å². The largest absolute Gasteiger partial charge is 1.00 e. The van der Waals surface area contributed by atoms with Gasteiger partial charge in [0.1, 0.15) is 15.9 Å². The van der Waals surface area contributed by atoms with Crippen molar-refractivity contribution >= 4 is 10.1 Å². The average molecular weight is 274 g/mol. The summed E-state index contributed by atoms with van der Waals surface area (Å²) in [5.74, 6) is -0.340. The molecule has 0 bridgehead atoms. The molecule has 3 nitrogen and oxygen atoms in total. The molecule has 18 heavy (non-hydrogen) atoms. The summed E-state index contributed by atoms with van der Waals surface area (Å²) in [6.45, 7) is 0. The van der Waals surface area contributed by atoms with Crippen LogP contribution in [0.1, 0.15) is 0 Å². The Bertz CT molecular complexity index is 621. The van der Waals surface area contributed by atoms with E-state index in [0.29, 0.717) is 0 Å². The Morgan fingerprint density at radius 3 is 1.61 bits per heavy atom. The summed E-state index contributed by atoms with van der Waals surface area (Å²) in [4.78, 5) is -0.275. The molecule has 0 aromatic heterocycles. The van der Waals surface area contributed by atoms with Gasteiger partial charge in [0.15, 0.2) is 0 Å². The van der Waals surface area contributed by atoms with Gasteiger partial charge in [-0.3, -0.25) is 0 Å². The van der Waals surface area contributed by atoms with Crippen LogP contribution in [0.25, 0.3) is 11.1 Å². The van der Waals surface area contributed by atoms with Crippen molar-refractivity contribution in [3.05, 3.63) is 54.3 Å². The molecule has 0 amide bonds. The van der Waals surface area contributed by atoms with E-state index in [1.165, 1.54) is 36.4 Å². The normalized spacial score (nSPS) is 10.8. The van der Waals surface area contributed by atoms with Crippen LogP contribution < -0.4 is 29.6 Å². The molecule has 0 saturated heterocycles. The molecular weight excluding hydrogens is 266 g/mol. The van der Waals surface area contributed by atoms with Crippen molar-refractivity contribution in [3.8, 4) is 11.1 Å². The van der Waals surface area contributed by atoms with Crippen LogP contribution in [0.15, 0.2) is 53.4 Å². The maximum absolute atomic E-state index is 12.7. The zero-order valence-electron chi connectivity index (χ0n) is 9.63. The first-order valence-corrected chi connectivity index (χ1v) is 6.19. The molecule has 0 aliphatic heterocycles. The molecule has 6 heteroatoms. The van der Waals surface area contributed by atoms with E-state index in [1.54, 1.807) is 12.1 Å². The molecule has 0 N–H and O–H groups in total. The van der Waals surface area contributed by atoms with Gasteiger partial charge in [-0.25, -0.2) is 12.8 Å². The predicted molar refractivity (Wildman–Crippen MR) is 59.8 cm³/mol. The topological polar surface area (TPSA) is 57.2 Å². The van der Waals surface area contributed by atoms with Gasteiger partial charge in [0, 0.05) is 0 Å². The fourth-order valence-corrected chi connectivity index (χ4v) is 1.93. The summed E-state index contributed by atoms with van der Waals surface area (Å²) < 4.78 is 44.9. The van der Waals surface area contributed by atoms with Crippen LogP contribution in [0.5, 0.6) is 0 Å². The molecule has 0 aliphatic carbocycles. The predicted octanol–water partition coefficient (Wildman–Crippen LogP) is -0.599. The second-order valence-electron chi connectivity index (χ2n) is 3.49. The van der Waals surface area contributed by atoms with E-state index in [0.717, 1.165) is 11.1 Å². The van der Waals surface area contributed by atoms with Crippen molar-refractivity contribution in [1.82, 2.24) is 0 Å². The van der Waals surface area contributed by atoms with Crippen LogP contribution in [0.2, 0.25) is 0 Å². The number of hydrogen-bond donors (Lipinski definition) is 0. The van der Waals surface area contributed by atoms with E-state index >= 15 is 0 Å². The molecule has 0 unspecified atom stereocenters. The summed E-state index contributed by atoms with van der Waals surface area (Å²) in [6, 6.07) is 11.3. The van der Waals surface area contributed by atoms with Crippen LogP contribution in [-0.4, -0.2) is 13.0 Å². The first-order valence-electron chi connectivity index (χ1n) is 4.79. The Labute approximate surface area is 127 Å². The second-order valence-corrected chi connectivity index (χ2v) is 4.87. The van der Waals surface area contributed by atoms with E-state index in [-0.39, 0.29) is 40.3 Å². The Balaban J connectivity index is 0.00000162. The van der Waals surface area contributed by atoms with Crippen molar-refractivity contribution in [1.29, 1.82) is 0 Å². The van der Waals surface area contributed by atoms with Gasteiger partial charge in [-0.1, -0.05) is 24.3 Å². The van der Waals surface area contributed by atoms with Gasteiger partial charge in [-0.15, -0.1) is 0 Å². The standard InChI is InChI=1S/C12H9FO3S.Na/c13-11-5-1-9(2-6-11)10-3-7-12(8-4-10)17(14,15)16;/h1-8H,(H,14,15,16);/q;+1/p-1. The molecule has 0 radical (unpaired) electrons. The Hall–Kier alpha value is -0.720. The summed E-state index contributed by atoms with van der Waals surface area (Å²) >= 11 is 0. The monoisotopic (exact) mass is 274 g/mol. The maximum atomic E-state index is 12.7. The second kappa shape index (κ2) is 5.95. The Kier molecular flexibility index (Phi) is 5.07. The van der Waals surface area contributed by atoms with Crippen LogP contribution in [0, 0.1) is 5.82 Å². The fourth-order valence-electron chi connectivity index (χ4n) is 1.46. The van der Waals surface area contributed by atoms with Crippen molar-refractivity contribution in [2.75, 3.05) is 0 Å². The van der Waals surface area contributed by atoms with Gasteiger partial charge in [0.25, 0.3) is 0 Å².